The molecule has 0 aliphatic carbocycles. The Morgan fingerprint density at radius 1 is 1.47 bits per heavy atom. The molecule has 2 aromatic rings. The molecule has 3 nitrogen and oxygen atoms in total. The molecule has 90 valence electrons. The Kier molecular flexibility index (Phi) is 3.76. The number of aromatic nitrogens is 1. The normalized spacial score (nSPS) is 12.6. The Labute approximate surface area is 106 Å². The summed E-state index contributed by atoms with van der Waals surface area (Å²) in [6.45, 7) is 4.96. The largest absolute Gasteiger partial charge is 0.398 e. The van der Waals surface area contributed by atoms with Gasteiger partial charge in [-0.05, 0) is 25.5 Å². The van der Waals surface area contributed by atoms with E-state index in [9.17, 15) is 0 Å². The summed E-state index contributed by atoms with van der Waals surface area (Å²) in [5.74, 6) is 0. The van der Waals surface area contributed by atoms with Crippen molar-refractivity contribution in [3.05, 3.63) is 45.9 Å². The number of nitrogens with two attached hydrogens (primary N) is 1. The van der Waals surface area contributed by atoms with Crippen molar-refractivity contribution < 1.29 is 0 Å². The number of anilines is 1. The SMILES string of the molecule is Cc1ccc(N)c(CNC(C)c2nccs2)c1. The van der Waals surface area contributed by atoms with Gasteiger partial charge in [0.2, 0.25) is 0 Å². The number of rotatable bonds is 4. The molecule has 1 heterocycles. The summed E-state index contributed by atoms with van der Waals surface area (Å²) < 4.78 is 0. The van der Waals surface area contributed by atoms with E-state index in [0.29, 0.717) is 0 Å². The van der Waals surface area contributed by atoms with Crippen LogP contribution in [-0.4, -0.2) is 4.98 Å². The van der Waals surface area contributed by atoms with Crippen LogP contribution in [0.2, 0.25) is 0 Å². The molecule has 2 rings (SSSR count). The molecule has 0 spiro atoms. The molecule has 1 atom stereocenters. The zero-order valence-corrected chi connectivity index (χ0v) is 10.9. The Bertz CT molecular complexity index is 479. The van der Waals surface area contributed by atoms with E-state index in [0.717, 1.165) is 22.8 Å². The first-order chi connectivity index (χ1) is 8.16. The Morgan fingerprint density at radius 3 is 3.00 bits per heavy atom. The second kappa shape index (κ2) is 5.29. The molecule has 17 heavy (non-hydrogen) atoms. The van der Waals surface area contributed by atoms with Gasteiger partial charge in [0, 0.05) is 23.8 Å². The number of hydrogen-bond donors (Lipinski definition) is 2. The van der Waals surface area contributed by atoms with Crippen LogP contribution in [0, 0.1) is 6.92 Å². The average molecular weight is 247 g/mol. The van der Waals surface area contributed by atoms with Crippen molar-refractivity contribution in [2.75, 3.05) is 5.73 Å². The van der Waals surface area contributed by atoms with Gasteiger partial charge in [-0.15, -0.1) is 11.3 Å². The number of nitrogen functional groups attached to an aromatic ring is 1. The molecule has 1 aromatic carbocycles. The van der Waals surface area contributed by atoms with E-state index in [1.54, 1.807) is 11.3 Å². The molecule has 4 heteroatoms. The van der Waals surface area contributed by atoms with Gasteiger partial charge in [-0.25, -0.2) is 4.98 Å². The van der Waals surface area contributed by atoms with Crippen molar-refractivity contribution in [2.45, 2.75) is 26.4 Å². The fourth-order valence-corrected chi connectivity index (χ4v) is 2.36. The molecule has 0 aliphatic heterocycles. The molecule has 3 N–H and O–H groups in total. The molecule has 0 bridgehead atoms. The molecular formula is C13H17N3S. The van der Waals surface area contributed by atoms with E-state index in [4.69, 9.17) is 5.73 Å². The van der Waals surface area contributed by atoms with E-state index < -0.39 is 0 Å². The van der Waals surface area contributed by atoms with Crippen molar-refractivity contribution in [2.24, 2.45) is 0 Å². The summed E-state index contributed by atoms with van der Waals surface area (Å²) in [4.78, 5) is 4.29. The minimum atomic E-state index is 0.259. The zero-order chi connectivity index (χ0) is 12.3. The molecule has 1 unspecified atom stereocenters. The van der Waals surface area contributed by atoms with Gasteiger partial charge < -0.3 is 11.1 Å². The third-order valence-electron chi connectivity index (χ3n) is 2.72. The van der Waals surface area contributed by atoms with Gasteiger partial charge in [0.05, 0.1) is 6.04 Å². The average Bonchev–Trinajstić information content (AvgIpc) is 2.83. The highest BCUT2D eigenvalue weighted by atomic mass is 32.1. The highest BCUT2D eigenvalue weighted by molar-refractivity contribution is 7.09. The van der Waals surface area contributed by atoms with Crippen molar-refractivity contribution in [3.8, 4) is 0 Å². The van der Waals surface area contributed by atoms with Crippen LogP contribution in [0.4, 0.5) is 5.69 Å². The molecule has 0 fully saturated rings. The van der Waals surface area contributed by atoms with Crippen molar-refractivity contribution in [1.82, 2.24) is 10.3 Å². The monoisotopic (exact) mass is 247 g/mol. The molecule has 0 saturated carbocycles. The van der Waals surface area contributed by atoms with Crippen LogP contribution < -0.4 is 11.1 Å². The number of benzene rings is 1. The summed E-state index contributed by atoms with van der Waals surface area (Å²) in [6, 6.07) is 6.37. The molecule has 0 saturated heterocycles. The molecule has 1 aromatic heterocycles. The van der Waals surface area contributed by atoms with Gasteiger partial charge in [0.25, 0.3) is 0 Å². The summed E-state index contributed by atoms with van der Waals surface area (Å²) in [5.41, 5.74) is 9.16. The fourth-order valence-electron chi connectivity index (χ4n) is 1.69. The minimum Gasteiger partial charge on any atom is -0.398 e. The predicted octanol–water partition coefficient (Wildman–Crippen LogP) is 2.88. The van der Waals surface area contributed by atoms with Crippen LogP contribution in [0.1, 0.15) is 29.1 Å². The summed E-state index contributed by atoms with van der Waals surface area (Å²) in [6.07, 6.45) is 1.83. The van der Waals surface area contributed by atoms with Gasteiger partial charge in [-0.3, -0.25) is 0 Å². The van der Waals surface area contributed by atoms with Crippen LogP contribution >= 0.6 is 11.3 Å². The van der Waals surface area contributed by atoms with Crippen molar-refractivity contribution in [3.63, 3.8) is 0 Å². The number of hydrogen-bond acceptors (Lipinski definition) is 4. The lowest BCUT2D eigenvalue weighted by atomic mass is 10.1. The van der Waals surface area contributed by atoms with Gasteiger partial charge in [0.15, 0.2) is 0 Å². The van der Waals surface area contributed by atoms with Gasteiger partial charge in [-0.1, -0.05) is 17.7 Å². The van der Waals surface area contributed by atoms with E-state index in [2.05, 4.69) is 30.2 Å². The quantitative estimate of drug-likeness (QED) is 0.817. The maximum Gasteiger partial charge on any atom is 0.109 e. The second-order valence-electron chi connectivity index (χ2n) is 4.18. The molecule has 0 amide bonds. The molecule has 0 aliphatic rings. The van der Waals surface area contributed by atoms with Crippen molar-refractivity contribution >= 4 is 17.0 Å². The minimum absolute atomic E-state index is 0.259. The molecule has 0 radical (unpaired) electrons. The third-order valence-corrected chi connectivity index (χ3v) is 3.68. The van der Waals surface area contributed by atoms with Gasteiger partial charge in [0.1, 0.15) is 5.01 Å². The number of nitrogens with zero attached hydrogens (tertiary/aromatic N) is 1. The first-order valence-corrected chi connectivity index (χ1v) is 6.52. The summed E-state index contributed by atoms with van der Waals surface area (Å²) >= 11 is 1.67. The van der Waals surface area contributed by atoms with Crippen molar-refractivity contribution in [1.29, 1.82) is 0 Å². The highest BCUT2D eigenvalue weighted by Gasteiger charge is 2.08. The maximum atomic E-state index is 5.94. The lowest BCUT2D eigenvalue weighted by molar-refractivity contribution is 0.572. The van der Waals surface area contributed by atoms with Crippen LogP contribution in [0.25, 0.3) is 0 Å². The number of aryl methyl sites for hydroxylation is 1. The highest BCUT2D eigenvalue weighted by Crippen LogP contribution is 2.18. The van der Waals surface area contributed by atoms with Crippen LogP contribution in [0.5, 0.6) is 0 Å². The van der Waals surface area contributed by atoms with Gasteiger partial charge >= 0.3 is 0 Å². The number of thiazole rings is 1. The first-order valence-electron chi connectivity index (χ1n) is 5.64. The summed E-state index contributed by atoms with van der Waals surface area (Å²) in [5, 5.41) is 6.54. The topological polar surface area (TPSA) is 50.9 Å². The Morgan fingerprint density at radius 2 is 2.29 bits per heavy atom. The number of nitrogens with one attached hydrogen (secondary N) is 1. The van der Waals surface area contributed by atoms with E-state index >= 15 is 0 Å². The van der Waals surface area contributed by atoms with Crippen LogP contribution in [0.15, 0.2) is 29.8 Å². The third kappa shape index (κ3) is 3.05. The van der Waals surface area contributed by atoms with E-state index in [1.807, 2.05) is 23.7 Å². The molecular weight excluding hydrogens is 230 g/mol. The van der Waals surface area contributed by atoms with Gasteiger partial charge in [-0.2, -0.15) is 0 Å². The lowest BCUT2D eigenvalue weighted by Crippen LogP contribution is -2.18. The fraction of sp³-hybridized carbons (Fsp3) is 0.308. The van der Waals surface area contributed by atoms with Crippen LogP contribution in [-0.2, 0) is 6.54 Å². The smallest absolute Gasteiger partial charge is 0.109 e. The van der Waals surface area contributed by atoms with E-state index in [1.165, 1.54) is 5.56 Å². The van der Waals surface area contributed by atoms with E-state index in [-0.39, 0.29) is 6.04 Å². The van der Waals surface area contributed by atoms with Crippen LogP contribution in [0.3, 0.4) is 0 Å². The Hall–Kier alpha value is -1.39. The Balaban J connectivity index is 2.00. The summed E-state index contributed by atoms with van der Waals surface area (Å²) in [7, 11) is 0. The zero-order valence-electron chi connectivity index (χ0n) is 10.1. The predicted molar refractivity (Wildman–Crippen MR) is 73.0 cm³/mol. The maximum absolute atomic E-state index is 5.94. The lowest BCUT2D eigenvalue weighted by Gasteiger charge is -2.13. The second-order valence-corrected chi connectivity index (χ2v) is 5.10. The first kappa shape index (κ1) is 12.1. The standard InChI is InChI=1S/C13H17N3S/c1-9-3-4-12(14)11(7-9)8-16-10(2)13-15-5-6-17-13/h3-7,10,16H,8,14H2,1-2H3.